The maximum Gasteiger partial charge on any atom is 0.224 e. The fourth-order valence-corrected chi connectivity index (χ4v) is 1.93. The number of thiazole rings is 1. The van der Waals surface area contributed by atoms with Gasteiger partial charge in [-0.25, -0.2) is 4.98 Å². The Balaban J connectivity index is 2.40. The Labute approximate surface area is 91.2 Å². The lowest BCUT2D eigenvalue weighted by Gasteiger charge is -1.99. The molecule has 0 aliphatic rings. The summed E-state index contributed by atoms with van der Waals surface area (Å²) in [5.74, 6) is 1.46. The molecule has 0 aliphatic carbocycles. The number of hydrogen-bond donors (Lipinski definition) is 2. The monoisotopic (exact) mass is 224 g/mol. The van der Waals surface area contributed by atoms with Crippen molar-refractivity contribution in [2.75, 3.05) is 12.4 Å². The van der Waals surface area contributed by atoms with E-state index in [9.17, 15) is 0 Å². The first-order valence-corrected chi connectivity index (χ1v) is 5.36. The first kappa shape index (κ1) is 10.1. The quantitative estimate of drug-likeness (QED) is 0.790. The molecule has 0 unspecified atom stereocenters. The smallest absolute Gasteiger partial charge is 0.224 e. The third-order valence-electron chi connectivity index (χ3n) is 2.05. The molecule has 7 heteroatoms. The fourth-order valence-electron chi connectivity index (χ4n) is 1.28. The van der Waals surface area contributed by atoms with Gasteiger partial charge in [0, 0.05) is 26.0 Å². The van der Waals surface area contributed by atoms with E-state index in [0.717, 1.165) is 16.5 Å². The molecule has 0 bridgehead atoms. The average Bonchev–Trinajstić information content (AvgIpc) is 2.83. The van der Waals surface area contributed by atoms with E-state index in [1.165, 1.54) is 11.3 Å². The average molecular weight is 224 g/mol. The molecule has 0 atom stereocenters. The van der Waals surface area contributed by atoms with E-state index in [4.69, 9.17) is 5.73 Å². The number of nitrogens with one attached hydrogen (secondary N) is 1. The Bertz CT molecular complexity index is 459. The summed E-state index contributed by atoms with van der Waals surface area (Å²) >= 11 is 1.53. The van der Waals surface area contributed by atoms with Crippen LogP contribution in [0.15, 0.2) is 5.38 Å². The largest absolute Gasteiger partial charge is 0.357 e. The summed E-state index contributed by atoms with van der Waals surface area (Å²) in [4.78, 5) is 4.35. The van der Waals surface area contributed by atoms with E-state index in [2.05, 4.69) is 20.5 Å². The predicted molar refractivity (Wildman–Crippen MR) is 59.5 cm³/mol. The molecule has 0 amide bonds. The van der Waals surface area contributed by atoms with Crippen molar-refractivity contribution in [1.82, 2.24) is 19.7 Å². The predicted octanol–water partition coefficient (Wildman–Crippen LogP) is 0.439. The van der Waals surface area contributed by atoms with Crippen molar-refractivity contribution >= 4 is 17.3 Å². The van der Waals surface area contributed by atoms with Crippen LogP contribution in [-0.4, -0.2) is 26.8 Å². The van der Waals surface area contributed by atoms with E-state index >= 15 is 0 Å². The van der Waals surface area contributed by atoms with Gasteiger partial charge in [0.25, 0.3) is 0 Å². The van der Waals surface area contributed by atoms with E-state index in [1.54, 1.807) is 7.05 Å². The van der Waals surface area contributed by atoms with E-state index in [-0.39, 0.29) is 0 Å². The van der Waals surface area contributed by atoms with Gasteiger partial charge in [-0.3, -0.25) is 4.57 Å². The van der Waals surface area contributed by atoms with Crippen LogP contribution in [0.25, 0.3) is 11.5 Å². The van der Waals surface area contributed by atoms with Crippen LogP contribution in [0.3, 0.4) is 0 Å². The van der Waals surface area contributed by atoms with Crippen LogP contribution in [-0.2, 0) is 13.6 Å². The summed E-state index contributed by atoms with van der Waals surface area (Å²) in [6.07, 6.45) is 0. The number of nitrogens with two attached hydrogens (primary N) is 1. The van der Waals surface area contributed by atoms with Gasteiger partial charge in [0.05, 0.1) is 0 Å². The second-order valence-corrected chi connectivity index (χ2v) is 3.93. The van der Waals surface area contributed by atoms with Gasteiger partial charge in [-0.1, -0.05) is 0 Å². The second-order valence-electron chi connectivity index (χ2n) is 2.99. The summed E-state index contributed by atoms with van der Waals surface area (Å²) < 4.78 is 1.86. The van der Waals surface area contributed by atoms with Gasteiger partial charge >= 0.3 is 0 Å². The van der Waals surface area contributed by atoms with Gasteiger partial charge in [0.15, 0.2) is 5.82 Å². The highest BCUT2D eigenvalue weighted by Gasteiger charge is 2.12. The minimum absolute atomic E-state index is 0.460. The van der Waals surface area contributed by atoms with Crippen molar-refractivity contribution < 1.29 is 0 Å². The lowest BCUT2D eigenvalue weighted by Crippen LogP contribution is -2.00. The molecule has 80 valence electrons. The van der Waals surface area contributed by atoms with Crippen molar-refractivity contribution in [3.8, 4) is 11.5 Å². The molecule has 2 heterocycles. The standard InChI is InChI=1S/C8H12N6S/c1-10-8-13-12-7(14(8)2)5-4-15-6(3-9)11-5/h4H,3,9H2,1-2H3,(H,10,13). The zero-order valence-electron chi connectivity index (χ0n) is 8.56. The Morgan fingerprint density at radius 3 is 2.87 bits per heavy atom. The van der Waals surface area contributed by atoms with Crippen LogP contribution < -0.4 is 11.1 Å². The molecule has 0 radical (unpaired) electrons. The van der Waals surface area contributed by atoms with Crippen LogP contribution >= 0.6 is 11.3 Å². The first-order chi connectivity index (χ1) is 7.26. The Kier molecular flexibility index (Phi) is 2.65. The number of anilines is 1. The minimum atomic E-state index is 0.460. The zero-order valence-corrected chi connectivity index (χ0v) is 9.38. The van der Waals surface area contributed by atoms with Crippen molar-refractivity contribution in [2.45, 2.75) is 6.54 Å². The molecule has 2 rings (SSSR count). The second kappa shape index (κ2) is 3.95. The molecule has 6 nitrogen and oxygen atoms in total. The van der Waals surface area contributed by atoms with Gasteiger partial charge < -0.3 is 11.1 Å². The summed E-state index contributed by atoms with van der Waals surface area (Å²) in [5, 5.41) is 13.8. The molecule has 0 saturated heterocycles. The lowest BCUT2D eigenvalue weighted by atomic mass is 10.4. The molecule has 15 heavy (non-hydrogen) atoms. The van der Waals surface area contributed by atoms with Crippen LogP contribution in [0, 0.1) is 0 Å². The zero-order chi connectivity index (χ0) is 10.8. The first-order valence-electron chi connectivity index (χ1n) is 4.48. The van der Waals surface area contributed by atoms with Crippen LogP contribution in [0.4, 0.5) is 5.95 Å². The Morgan fingerprint density at radius 1 is 1.53 bits per heavy atom. The summed E-state index contributed by atoms with van der Waals surface area (Å²) in [7, 11) is 3.70. The molecule has 2 aromatic heterocycles. The van der Waals surface area contributed by atoms with Gasteiger partial charge in [-0.15, -0.1) is 21.5 Å². The number of hydrogen-bond acceptors (Lipinski definition) is 6. The maximum atomic E-state index is 5.50. The highest BCUT2D eigenvalue weighted by atomic mass is 32.1. The third kappa shape index (κ3) is 1.71. The number of nitrogens with zero attached hydrogens (tertiary/aromatic N) is 4. The Morgan fingerprint density at radius 2 is 2.33 bits per heavy atom. The molecule has 3 N–H and O–H groups in total. The van der Waals surface area contributed by atoms with Gasteiger partial charge in [0.2, 0.25) is 5.95 Å². The van der Waals surface area contributed by atoms with Crippen molar-refractivity contribution in [3.63, 3.8) is 0 Å². The van der Waals surface area contributed by atoms with E-state index in [0.29, 0.717) is 12.5 Å². The molecule has 0 spiro atoms. The van der Waals surface area contributed by atoms with Crippen LogP contribution in [0.2, 0.25) is 0 Å². The Hall–Kier alpha value is -1.47. The fraction of sp³-hybridized carbons (Fsp3) is 0.375. The third-order valence-corrected chi connectivity index (χ3v) is 2.93. The van der Waals surface area contributed by atoms with Crippen molar-refractivity contribution in [1.29, 1.82) is 0 Å². The van der Waals surface area contributed by atoms with Crippen LogP contribution in [0.5, 0.6) is 0 Å². The van der Waals surface area contributed by atoms with Gasteiger partial charge in [0.1, 0.15) is 10.7 Å². The number of aromatic nitrogens is 4. The van der Waals surface area contributed by atoms with Crippen molar-refractivity contribution in [2.24, 2.45) is 12.8 Å². The topological polar surface area (TPSA) is 81.7 Å². The van der Waals surface area contributed by atoms with E-state index < -0.39 is 0 Å². The molecule has 0 aliphatic heterocycles. The van der Waals surface area contributed by atoms with Gasteiger partial charge in [-0.2, -0.15) is 0 Å². The van der Waals surface area contributed by atoms with E-state index in [1.807, 2.05) is 17.0 Å². The molecular formula is C8H12N6S. The SMILES string of the molecule is CNc1nnc(-c2csc(CN)n2)n1C. The maximum absolute atomic E-state index is 5.50. The minimum Gasteiger partial charge on any atom is -0.357 e. The molecule has 0 saturated carbocycles. The molecule has 0 aromatic carbocycles. The number of rotatable bonds is 3. The lowest BCUT2D eigenvalue weighted by molar-refractivity contribution is 0.917. The highest BCUT2D eigenvalue weighted by molar-refractivity contribution is 7.09. The molecule has 2 aromatic rings. The summed E-state index contributed by atoms with van der Waals surface area (Å²) in [6, 6.07) is 0. The van der Waals surface area contributed by atoms with Crippen molar-refractivity contribution in [3.05, 3.63) is 10.4 Å². The molecule has 0 fully saturated rings. The summed E-state index contributed by atoms with van der Waals surface area (Å²) in [5.41, 5.74) is 6.32. The summed E-state index contributed by atoms with van der Waals surface area (Å²) in [6.45, 7) is 0.460. The van der Waals surface area contributed by atoms with Gasteiger partial charge in [-0.05, 0) is 0 Å². The molecular weight excluding hydrogens is 212 g/mol. The van der Waals surface area contributed by atoms with Crippen LogP contribution in [0.1, 0.15) is 5.01 Å². The highest BCUT2D eigenvalue weighted by Crippen LogP contribution is 2.21. The normalized spacial score (nSPS) is 10.6.